The molecule has 1 aromatic rings. The molecule has 8 heteroatoms. The summed E-state index contributed by atoms with van der Waals surface area (Å²) in [6.45, 7) is 5.84. The lowest BCUT2D eigenvalue weighted by atomic mass is 10.1. The van der Waals surface area contributed by atoms with E-state index in [0.717, 1.165) is 49.1 Å². The lowest BCUT2D eigenvalue weighted by molar-refractivity contribution is -0.122. The van der Waals surface area contributed by atoms with Gasteiger partial charge in [-0.2, -0.15) is 0 Å². The van der Waals surface area contributed by atoms with Crippen LogP contribution in [0.4, 0.5) is 4.39 Å². The van der Waals surface area contributed by atoms with Crippen LogP contribution >= 0.6 is 11.8 Å². The van der Waals surface area contributed by atoms with E-state index in [1.54, 1.807) is 30.9 Å². The van der Waals surface area contributed by atoms with Crippen molar-refractivity contribution in [1.29, 1.82) is 0 Å². The van der Waals surface area contributed by atoms with E-state index in [9.17, 15) is 9.18 Å². The number of benzene rings is 1. The normalized spacial score (nSPS) is 16.2. The zero-order valence-electron chi connectivity index (χ0n) is 16.1. The summed E-state index contributed by atoms with van der Waals surface area (Å²) in [4.78, 5) is 19.3. The van der Waals surface area contributed by atoms with Crippen LogP contribution in [0.1, 0.15) is 19.8 Å². The van der Waals surface area contributed by atoms with Gasteiger partial charge in [0.1, 0.15) is 5.82 Å². The van der Waals surface area contributed by atoms with Crippen molar-refractivity contribution in [2.24, 2.45) is 4.99 Å². The van der Waals surface area contributed by atoms with Crippen LogP contribution in [0.25, 0.3) is 0 Å². The van der Waals surface area contributed by atoms with Gasteiger partial charge in [0.2, 0.25) is 5.91 Å². The van der Waals surface area contributed by atoms with E-state index in [4.69, 9.17) is 0 Å². The first kappa shape index (κ1) is 21.5. The number of thioether (sulfide) groups is 1. The minimum Gasteiger partial charge on any atom is -0.358 e. The van der Waals surface area contributed by atoms with Crippen molar-refractivity contribution >= 4 is 23.6 Å². The number of aliphatic imine (C=N–C) groups is 1. The van der Waals surface area contributed by atoms with E-state index in [-0.39, 0.29) is 11.7 Å². The number of amides is 1. The van der Waals surface area contributed by atoms with Gasteiger partial charge in [0.25, 0.3) is 0 Å². The summed E-state index contributed by atoms with van der Waals surface area (Å²) in [5.74, 6) is 1.53. The van der Waals surface area contributed by atoms with Crippen LogP contribution in [0.5, 0.6) is 0 Å². The fraction of sp³-hybridized carbons (Fsp3) is 0.579. The maximum Gasteiger partial charge on any atom is 0.233 e. The number of hydrogen-bond donors (Lipinski definition) is 3. The van der Waals surface area contributed by atoms with Crippen molar-refractivity contribution in [2.45, 2.75) is 30.7 Å². The van der Waals surface area contributed by atoms with Crippen molar-refractivity contribution in [1.82, 2.24) is 20.9 Å². The quantitative estimate of drug-likeness (QED) is 0.270. The van der Waals surface area contributed by atoms with Crippen molar-refractivity contribution in [3.05, 3.63) is 30.1 Å². The van der Waals surface area contributed by atoms with Crippen LogP contribution in [0.3, 0.4) is 0 Å². The van der Waals surface area contributed by atoms with Crippen LogP contribution in [0, 0.1) is 5.82 Å². The van der Waals surface area contributed by atoms with Crippen molar-refractivity contribution in [3.63, 3.8) is 0 Å². The van der Waals surface area contributed by atoms with Crippen molar-refractivity contribution in [3.8, 4) is 0 Å². The second kappa shape index (κ2) is 11.8. The zero-order chi connectivity index (χ0) is 19.5. The third kappa shape index (κ3) is 8.17. The molecule has 0 bridgehead atoms. The average molecular weight is 396 g/mol. The zero-order valence-corrected chi connectivity index (χ0v) is 16.9. The fourth-order valence-electron chi connectivity index (χ4n) is 2.88. The Morgan fingerprint density at radius 3 is 2.63 bits per heavy atom. The highest BCUT2D eigenvalue weighted by Gasteiger charge is 2.21. The molecule has 1 aromatic carbocycles. The van der Waals surface area contributed by atoms with Gasteiger partial charge >= 0.3 is 0 Å². The Morgan fingerprint density at radius 2 is 2.00 bits per heavy atom. The first-order chi connectivity index (χ1) is 13.1. The number of carbonyl (C=O) groups is 1. The van der Waals surface area contributed by atoms with Crippen LogP contribution < -0.4 is 16.0 Å². The molecular formula is C19H30FN5OS. The smallest absolute Gasteiger partial charge is 0.233 e. The Morgan fingerprint density at radius 1 is 1.30 bits per heavy atom. The van der Waals surface area contributed by atoms with Gasteiger partial charge in [-0.25, -0.2) is 4.39 Å². The molecule has 27 heavy (non-hydrogen) atoms. The number of rotatable bonds is 8. The van der Waals surface area contributed by atoms with Crippen LogP contribution in [0.2, 0.25) is 0 Å². The molecule has 1 fully saturated rings. The molecule has 2 rings (SSSR count). The van der Waals surface area contributed by atoms with Gasteiger partial charge in [-0.15, -0.1) is 11.8 Å². The molecule has 0 radical (unpaired) electrons. The topological polar surface area (TPSA) is 68.8 Å². The molecule has 0 unspecified atom stereocenters. The predicted octanol–water partition coefficient (Wildman–Crippen LogP) is 1.68. The van der Waals surface area contributed by atoms with E-state index >= 15 is 0 Å². The number of nitrogens with one attached hydrogen (secondary N) is 3. The molecule has 0 saturated carbocycles. The van der Waals surface area contributed by atoms with Gasteiger partial charge in [-0.3, -0.25) is 14.7 Å². The number of nitrogens with zero attached hydrogens (tertiary/aromatic N) is 2. The summed E-state index contributed by atoms with van der Waals surface area (Å²) < 4.78 is 12.9. The third-order valence-electron chi connectivity index (χ3n) is 4.36. The molecule has 150 valence electrons. The Bertz CT molecular complexity index is 603. The second-order valence-electron chi connectivity index (χ2n) is 6.43. The van der Waals surface area contributed by atoms with Crippen LogP contribution in [-0.2, 0) is 4.79 Å². The molecule has 3 N–H and O–H groups in total. The van der Waals surface area contributed by atoms with E-state index in [2.05, 4.69) is 32.8 Å². The number of likely N-dealkylation sites (N-methyl/N-ethyl adjacent to an activating group) is 1. The molecular weight excluding hydrogens is 365 g/mol. The molecule has 1 aliphatic rings. The van der Waals surface area contributed by atoms with E-state index in [1.807, 2.05) is 0 Å². The first-order valence-electron chi connectivity index (χ1n) is 9.47. The van der Waals surface area contributed by atoms with Crippen molar-refractivity contribution in [2.75, 3.05) is 45.5 Å². The minimum absolute atomic E-state index is 0.0648. The number of hydrogen-bond acceptors (Lipinski definition) is 4. The number of carbonyl (C=O) groups excluding carboxylic acids is 1. The Hall–Kier alpha value is -1.80. The Kier molecular flexibility index (Phi) is 9.41. The number of likely N-dealkylation sites (tertiary alicyclic amines) is 1. The highest BCUT2D eigenvalue weighted by atomic mass is 32.2. The van der Waals surface area contributed by atoms with E-state index in [0.29, 0.717) is 19.1 Å². The molecule has 1 saturated heterocycles. The SMILES string of the molecule is CCNC(=NCCSc1ccc(F)cc1)NC1CCN(CC(=O)NC)CC1. The summed E-state index contributed by atoms with van der Waals surface area (Å²) in [5, 5.41) is 9.46. The third-order valence-corrected chi connectivity index (χ3v) is 5.35. The monoisotopic (exact) mass is 395 g/mol. The van der Waals surface area contributed by atoms with Crippen LogP contribution in [-0.4, -0.2) is 68.3 Å². The summed E-state index contributed by atoms with van der Waals surface area (Å²) in [6, 6.07) is 6.91. The average Bonchev–Trinajstić information content (AvgIpc) is 2.68. The summed E-state index contributed by atoms with van der Waals surface area (Å²) in [7, 11) is 1.67. The largest absolute Gasteiger partial charge is 0.358 e. The maximum absolute atomic E-state index is 12.9. The molecule has 6 nitrogen and oxygen atoms in total. The lowest BCUT2D eigenvalue weighted by Crippen LogP contribution is -2.50. The summed E-state index contributed by atoms with van der Waals surface area (Å²) in [6.07, 6.45) is 1.98. The molecule has 0 atom stereocenters. The predicted molar refractivity (Wildman–Crippen MR) is 110 cm³/mol. The molecule has 0 aliphatic carbocycles. The van der Waals surface area contributed by atoms with Gasteiger partial charge in [0, 0.05) is 43.4 Å². The van der Waals surface area contributed by atoms with Gasteiger partial charge in [0.05, 0.1) is 13.1 Å². The van der Waals surface area contributed by atoms with Crippen molar-refractivity contribution < 1.29 is 9.18 Å². The van der Waals surface area contributed by atoms with Gasteiger partial charge in [0.15, 0.2) is 5.96 Å². The van der Waals surface area contributed by atoms with E-state index < -0.39 is 0 Å². The minimum atomic E-state index is -0.211. The second-order valence-corrected chi connectivity index (χ2v) is 7.60. The lowest BCUT2D eigenvalue weighted by Gasteiger charge is -2.32. The first-order valence-corrected chi connectivity index (χ1v) is 10.5. The van der Waals surface area contributed by atoms with Gasteiger partial charge < -0.3 is 16.0 Å². The number of guanidine groups is 1. The molecule has 1 aliphatic heterocycles. The highest BCUT2D eigenvalue weighted by Crippen LogP contribution is 2.17. The fourth-order valence-corrected chi connectivity index (χ4v) is 3.63. The highest BCUT2D eigenvalue weighted by molar-refractivity contribution is 7.99. The van der Waals surface area contributed by atoms with Crippen LogP contribution in [0.15, 0.2) is 34.2 Å². The summed E-state index contributed by atoms with van der Waals surface area (Å²) in [5.41, 5.74) is 0. The molecule has 0 aromatic heterocycles. The Labute approximate surface area is 165 Å². The standard InChI is InChI=1S/C19H30FN5OS/c1-3-22-19(23-10-13-27-17-6-4-15(20)5-7-17)24-16-8-11-25(12-9-16)14-18(26)21-2/h4-7,16H,3,8-14H2,1-2H3,(H,21,26)(H2,22,23,24). The number of piperidine rings is 1. The molecule has 1 amide bonds. The van der Waals surface area contributed by atoms with E-state index in [1.165, 1.54) is 12.1 Å². The molecule has 1 heterocycles. The Balaban J connectivity index is 1.73. The molecule has 0 spiro atoms. The van der Waals surface area contributed by atoms with Gasteiger partial charge in [-0.1, -0.05) is 0 Å². The van der Waals surface area contributed by atoms with Gasteiger partial charge in [-0.05, 0) is 44.0 Å². The summed E-state index contributed by atoms with van der Waals surface area (Å²) >= 11 is 1.67. The number of halogens is 1. The maximum atomic E-state index is 12.9.